The summed E-state index contributed by atoms with van der Waals surface area (Å²) < 4.78 is 5.16. The van der Waals surface area contributed by atoms with Crippen LogP contribution in [0.25, 0.3) is 11.3 Å². The van der Waals surface area contributed by atoms with Gasteiger partial charge in [0.1, 0.15) is 5.75 Å². The second-order valence-corrected chi connectivity index (χ2v) is 3.74. The van der Waals surface area contributed by atoms with Gasteiger partial charge in [-0.1, -0.05) is 12.1 Å². The van der Waals surface area contributed by atoms with Crippen LogP contribution in [0.3, 0.4) is 0 Å². The SMILES string of the molecule is CNC(=O)c1ccc(-c2cccc(OC)c2)nc1. The molecule has 18 heavy (non-hydrogen) atoms. The van der Waals surface area contributed by atoms with Crippen molar-refractivity contribution in [2.24, 2.45) is 0 Å². The summed E-state index contributed by atoms with van der Waals surface area (Å²) >= 11 is 0. The average molecular weight is 242 g/mol. The lowest BCUT2D eigenvalue weighted by Gasteiger charge is -2.05. The normalized spacial score (nSPS) is 9.89. The van der Waals surface area contributed by atoms with E-state index in [1.807, 2.05) is 30.3 Å². The summed E-state index contributed by atoms with van der Waals surface area (Å²) in [6.45, 7) is 0. The van der Waals surface area contributed by atoms with Gasteiger partial charge in [-0.15, -0.1) is 0 Å². The van der Waals surface area contributed by atoms with Crippen molar-refractivity contribution in [1.82, 2.24) is 10.3 Å². The van der Waals surface area contributed by atoms with Crippen molar-refractivity contribution < 1.29 is 9.53 Å². The lowest BCUT2D eigenvalue weighted by Crippen LogP contribution is -2.17. The molecule has 0 aliphatic rings. The van der Waals surface area contributed by atoms with E-state index < -0.39 is 0 Å². The Bertz CT molecular complexity index is 550. The lowest BCUT2D eigenvalue weighted by molar-refractivity contribution is 0.0963. The highest BCUT2D eigenvalue weighted by Gasteiger charge is 2.05. The monoisotopic (exact) mass is 242 g/mol. The van der Waals surface area contributed by atoms with Crippen LogP contribution < -0.4 is 10.1 Å². The molecule has 0 bridgehead atoms. The number of aromatic nitrogens is 1. The number of rotatable bonds is 3. The van der Waals surface area contributed by atoms with Gasteiger partial charge in [0.15, 0.2) is 0 Å². The van der Waals surface area contributed by atoms with E-state index in [4.69, 9.17) is 4.74 Å². The van der Waals surface area contributed by atoms with Crippen LogP contribution in [0.15, 0.2) is 42.6 Å². The molecule has 0 spiro atoms. The van der Waals surface area contributed by atoms with Crippen LogP contribution >= 0.6 is 0 Å². The van der Waals surface area contributed by atoms with E-state index >= 15 is 0 Å². The number of methoxy groups -OCH3 is 1. The van der Waals surface area contributed by atoms with Crippen LogP contribution in [-0.4, -0.2) is 25.0 Å². The van der Waals surface area contributed by atoms with Crippen LogP contribution in [0.2, 0.25) is 0 Å². The van der Waals surface area contributed by atoms with Crippen molar-refractivity contribution in [1.29, 1.82) is 0 Å². The summed E-state index contributed by atoms with van der Waals surface area (Å²) in [5, 5.41) is 2.56. The van der Waals surface area contributed by atoms with Crippen molar-refractivity contribution >= 4 is 5.91 Å². The van der Waals surface area contributed by atoms with Gasteiger partial charge in [-0.05, 0) is 24.3 Å². The van der Waals surface area contributed by atoms with E-state index in [1.165, 1.54) is 0 Å². The fraction of sp³-hybridized carbons (Fsp3) is 0.143. The first kappa shape index (κ1) is 12.1. The van der Waals surface area contributed by atoms with Gasteiger partial charge in [0.2, 0.25) is 0 Å². The van der Waals surface area contributed by atoms with Crippen molar-refractivity contribution in [3.8, 4) is 17.0 Å². The summed E-state index contributed by atoms with van der Waals surface area (Å²) in [6, 6.07) is 11.2. The number of ether oxygens (including phenoxy) is 1. The molecule has 4 heteroatoms. The Hall–Kier alpha value is -2.36. The van der Waals surface area contributed by atoms with Crippen LogP contribution in [-0.2, 0) is 0 Å². The van der Waals surface area contributed by atoms with E-state index in [1.54, 1.807) is 26.4 Å². The number of hydrogen-bond acceptors (Lipinski definition) is 3. The predicted octanol–water partition coefficient (Wildman–Crippen LogP) is 2.12. The predicted molar refractivity (Wildman–Crippen MR) is 69.6 cm³/mol. The van der Waals surface area contributed by atoms with E-state index in [2.05, 4.69) is 10.3 Å². The first-order valence-corrected chi connectivity index (χ1v) is 5.57. The molecule has 0 radical (unpaired) electrons. The van der Waals surface area contributed by atoms with Crippen molar-refractivity contribution in [3.05, 3.63) is 48.2 Å². The lowest BCUT2D eigenvalue weighted by atomic mass is 10.1. The fourth-order valence-electron chi connectivity index (χ4n) is 1.63. The number of nitrogens with zero attached hydrogens (tertiary/aromatic N) is 1. The van der Waals surface area contributed by atoms with Gasteiger partial charge in [0.05, 0.1) is 18.4 Å². The molecule has 2 aromatic rings. The molecule has 0 unspecified atom stereocenters. The second kappa shape index (κ2) is 5.31. The van der Waals surface area contributed by atoms with Gasteiger partial charge in [-0.3, -0.25) is 9.78 Å². The molecule has 1 heterocycles. The Morgan fingerprint density at radius 2 is 2.11 bits per heavy atom. The van der Waals surface area contributed by atoms with E-state index in [9.17, 15) is 4.79 Å². The maximum atomic E-state index is 11.4. The molecule has 1 N–H and O–H groups in total. The third-order valence-corrected chi connectivity index (χ3v) is 2.62. The second-order valence-electron chi connectivity index (χ2n) is 3.74. The summed E-state index contributed by atoms with van der Waals surface area (Å²) in [4.78, 5) is 15.7. The summed E-state index contributed by atoms with van der Waals surface area (Å²) in [5.74, 6) is 0.643. The average Bonchev–Trinajstić information content (AvgIpc) is 2.46. The third kappa shape index (κ3) is 2.48. The molecular weight excluding hydrogens is 228 g/mol. The smallest absolute Gasteiger partial charge is 0.252 e. The van der Waals surface area contributed by atoms with Gasteiger partial charge in [-0.2, -0.15) is 0 Å². The zero-order valence-corrected chi connectivity index (χ0v) is 10.3. The third-order valence-electron chi connectivity index (χ3n) is 2.62. The highest BCUT2D eigenvalue weighted by Crippen LogP contribution is 2.21. The van der Waals surface area contributed by atoms with Crippen molar-refractivity contribution in [2.75, 3.05) is 14.2 Å². The first-order chi connectivity index (χ1) is 8.74. The Kier molecular flexibility index (Phi) is 3.57. The highest BCUT2D eigenvalue weighted by atomic mass is 16.5. The molecule has 92 valence electrons. The molecule has 1 aromatic carbocycles. The minimum Gasteiger partial charge on any atom is -0.497 e. The number of amides is 1. The van der Waals surface area contributed by atoms with Crippen LogP contribution in [0.4, 0.5) is 0 Å². The number of nitrogens with one attached hydrogen (secondary N) is 1. The number of carbonyl (C=O) groups excluding carboxylic acids is 1. The highest BCUT2D eigenvalue weighted by molar-refractivity contribution is 5.93. The molecule has 0 aliphatic carbocycles. The molecule has 4 nitrogen and oxygen atoms in total. The Labute approximate surface area is 106 Å². The molecule has 0 atom stereocenters. The van der Waals surface area contributed by atoms with E-state index in [0.29, 0.717) is 5.56 Å². The Morgan fingerprint density at radius 3 is 2.72 bits per heavy atom. The Morgan fingerprint density at radius 1 is 1.28 bits per heavy atom. The minimum absolute atomic E-state index is 0.139. The molecule has 0 fully saturated rings. The minimum atomic E-state index is -0.139. The van der Waals surface area contributed by atoms with Gasteiger partial charge in [0, 0.05) is 18.8 Å². The molecule has 0 aliphatic heterocycles. The fourth-order valence-corrected chi connectivity index (χ4v) is 1.63. The first-order valence-electron chi connectivity index (χ1n) is 5.57. The van der Waals surface area contributed by atoms with E-state index in [-0.39, 0.29) is 5.91 Å². The zero-order chi connectivity index (χ0) is 13.0. The largest absolute Gasteiger partial charge is 0.497 e. The summed E-state index contributed by atoms with van der Waals surface area (Å²) in [6.07, 6.45) is 1.56. The van der Waals surface area contributed by atoms with Crippen molar-refractivity contribution in [3.63, 3.8) is 0 Å². The Balaban J connectivity index is 2.31. The van der Waals surface area contributed by atoms with Crippen LogP contribution in [0.5, 0.6) is 5.75 Å². The maximum absolute atomic E-state index is 11.4. The summed E-state index contributed by atoms with van der Waals surface area (Å²) in [5.41, 5.74) is 2.31. The molecular formula is C14H14N2O2. The number of carbonyl (C=O) groups is 1. The van der Waals surface area contributed by atoms with Crippen molar-refractivity contribution in [2.45, 2.75) is 0 Å². The van der Waals surface area contributed by atoms with Crippen LogP contribution in [0, 0.1) is 0 Å². The molecule has 0 saturated heterocycles. The maximum Gasteiger partial charge on any atom is 0.252 e. The molecule has 1 aromatic heterocycles. The molecule has 0 saturated carbocycles. The zero-order valence-electron chi connectivity index (χ0n) is 10.3. The van der Waals surface area contributed by atoms with E-state index in [0.717, 1.165) is 17.0 Å². The quantitative estimate of drug-likeness (QED) is 0.896. The summed E-state index contributed by atoms with van der Waals surface area (Å²) in [7, 11) is 3.22. The number of hydrogen-bond donors (Lipinski definition) is 1. The molecule has 1 amide bonds. The van der Waals surface area contributed by atoms with Gasteiger partial charge in [0.25, 0.3) is 5.91 Å². The number of benzene rings is 1. The molecule has 2 rings (SSSR count). The van der Waals surface area contributed by atoms with Crippen LogP contribution in [0.1, 0.15) is 10.4 Å². The topological polar surface area (TPSA) is 51.2 Å². The van der Waals surface area contributed by atoms with Gasteiger partial charge in [-0.25, -0.2) is 0 Å². The standard InChI is InChI=1S/C14H14N2O2/c1-15-14(17)11-6-7-13(16-9-11)10-4-3-5-12(8-10)18-2/h3-9H,1-2H3,(H,15,17). The van der Waals surface area contributed by atoms with Gasteiger partial charge >= 0.3 is 0 Å². The van der Waals surface area contributed by atoms with Gasteiger partial charge < -0.3 is 10.1 Å². The number of pyridine rings is 1.